The third-order valence-corrected chi connectivity index (χ3v) is 2.43. The van der Waals surface area contributed by atoms with Crippen molar-refractivity contribution in [1.29, 1.82) is 5.26 Å². The Hall–Kier alpha value is -2.87. The molecule has 94 valence electrons. The van der Waals surface area contributed by atoms with Crippen molar-refractivity contribution in [2.45, 2.75) is 5.92 Å². The Kier molecular flexibility index (Phi) is 4.09. The van der Waals surface area contributed by atoms with Gasteiger partial charge in [0.05, 0.1) is 18.5 Å². The summed E-state index contributed by atoms with van der Waals surface area (Å²) in [5, 5.41) is 12.8. The summed E-state index contributed by atoms with van der Waals surface area (Å²) in [4.78, 5) is 11.8. The van der Waals surface area contributed by atoms with Gasteiger partial charge in [0.2, 0.25) is 0 Å². The van der Waals surface area contributed by atoms with Gasteiger partial charge in [0.1, 0.15) is 5.76 Å². The monoisotopic (exact) mass is 253 g/mol. The zero-order valence-electron chi connectivity index (χ0n) is 9.98. The Balaban J connectivity index is 2.01. The van der Waals surface area contributed by atoms with Gasteiger partial charge in [-0.15, -0.1) is 0 Å². The van der Waals surface area contributed by atoms with E-state index in [1.807, 2.05) is 12.1 Å². The lowest BCUT2D eigenvalue weighted by Gasteiger charge is -2.06. The van der Waals surface area contributed by atoms with E-state index >= 15 is 0 Å². The summed E-state index contributed by atoms with van der Waals surface area (Å²) < 4.78 is 5.02. The van der Waals surface area contributed by atoms with Crippen molar-refractivity contribution < 1.29 is 9.21 Å². The van der Waals surface area contributed by atoms with Gasteiger partial charge >= 0.3 is 0 Å². The molecule has 19 heavy (non-hydrogen) atoms. The van der Waals surface area contributed by atoms with Gasteiger partial charge in [-0.25, -0.2) is 5.43 Å². The number of hydrogen-bond acceptors (Lipinski definition) is 4. The van der Waals surface area contributed by atoms with E-state index in [1.165, 1.54) is 12.5 Å². The van der Waals surface area contributed by atoms with Gasteiger partial charge < -0.3 is 4.42 Å². The number of hydrogen-bond donors (Lipinski definition) is 1. The van der Waals surface area contributed by atoms with Crippen molar-refractivity contribution in [2.75, 3.05) is 0 Å². The number of hydrazone groups is 1. The number of nitrogens with zero attached hydrogens (tertiary/aromatic N) is 2. The molecular weight excluding hydrogens is 242 g/mol. The first-order chi connectivity index (χ1) is 9.31. The number of carbonyl (C=O) groups excluding carboxylic acids is 1. The lowest BCUT2D eigenvalue weighted by atomic mass is 10.0. The Labute approximate surface area is 110 Å². The quantitative estimate of drug-likeness (QED) is 0.669. The number of furan rings is 1. The van der Waals surface area contributed by atoms with Gasteiger partial charge in [-0.05, 0) is 17.7 Å². The molecule has 0 aliphatic carbocycles. The van der Waals surface area contributed by atoms with Crippen LogP contribution in [-0.4, -0.2) is 12.1 Å². The number of carbonyl (C=O) groups is 1. The molecule has 0 unspecified atom stereocenters. The summed E-state index contributed by atoms with van der Waals surface area (Å²) in [7, 11) is 0. The highest BCUT2D eigenvalue weighted by molar-refractivity contribution is 5.87. The minimum absolute atomic E-state index is 0.475. The average Bonchev–Trinajstić information content (AvgIpc) is 2.94. The van der Waals surface area contributed by atoms with Crippen molar-refractivity contribution in [3.63, 3.8) is 0 Å². The first kappa shape index (κ1) is 12.6. The molecule has 2 rings (SSSR count). The van der Waals surface area contributed by atoms with Crippen LogP contribution in [0.2, 0.25) is 0 Å². The number of benzene rings is 1. The van der Waals surface area contributed by atoms with Crippen molar-refractivity contribution >= 4 is 12.1 Å². The third kappa shape index (κ3) is 3.30. The van der Waals surface area contributed by atoms with Gasteiger partial charge in [0.15, 0.2) is 5.92 Å². The molecule has 0 radical (unpaired) electrons. The van der Waals surface area contributed by atoms with E-state index in [9.17, 15) is 4.79 Å². The number of nitriles is 1. The van der Waals surface area contributed by atoms with Gasteiger partial charge in [-0.2, -0.15) is 10.4 Å². The SMILES string of the molecule is N#C[C@@H](C(=O)N/N=C\c1ccco1)c1ccccc1. The van der Waals surface area contributed by atoms with Crippen molar-refractivity contribution in [1.82, 2.24) is 5.43 Å². The van der Waals surface area contributed by atoms with Crippen molar-refractivity contribution in [2.24, 2.45) is 5.10 Å². The molecule has 5 nitrogen and oxygen atoms in total. The summed E-state index contributed by atoms with van der Waals surface area (Å²) in [5.41, 5.74) is 2.95. The lowest BCUT2D eigenvalue weighted by Crippen LogP contribution is -2.24. The minimum Gasteiger partial charge on any atom is -0.463 e. The minimum atomic E-state index is -0.880. The van der Waals surface area contributed by atoms with Crippen molar-refractivity contribution in [3.05, 3.63) is 60.1 Å². The van der Waals surface area contributed by atoms with E-state index in [0.717, 1.165) is 0 Å². The van der Waals surface area contributed by atoms with E-state index in [2.05, 4.69) is 10.5 Å². The molecule has 1 aromatic heterocycles. The molecule has 1 amide bonds. The number of amides is 1. The van der Waals surface area contributed by atoms with Crippen LogP contribution in [0.5, 0.6) is 0 Å². The molecule has 0 fully saturated rings. The molecule has 1 N–H and O–H groups in total. The van der Waals surface area contributed by atoms with Crippen LogP contribution in [0.25, 0.3) is 0 Å². The van der Waals surface area contributed by atoms with Crippen LogP contribution in [-0.2, 0) is 4.79 Å². The van der Waals surface area contributed by atoms with E-state index in [0.29, 0.717) is 11.3 Å². The van der Waals surface area contributed by atoms with Crippen molar-refractivity contribution in [3.8, 4) is 6.07 Å². The molecule has 1 heterocycles. The van der Waals surface area contributed by atoms with E-state index in [-0.39, 0.29) is 0 Å². The van der Waals surface area contributed by atoms with Crippen LogP contribution in [0.15, 0.2) is 58.2 Å². The maximum atomic E-state index is 11.8. The highest BCUT2D eigenvalue weighted by Gasteiger charge is 2.19. The molecule has 2 aromatic rings. The highest BCUT2D eigenvalue weighted by Crippen LogP contribution is 2.14. The molecular formula is C14H11N3O2. The molecule has 5 heteroatoms. The van der Waals surface area contributed by atoms with Crippen LogP contribution in [0.1, 0.15) is 17.2 Å². The Bertz CT molecular complexity index is 597. The first-order valence-corrected chi connectivity index (χ1v) is 5.62. The molecule has 0 saturated heterocycles. The second kappa shape index (κ2) is 6.17. The Morgan fingerprint density at radius 3 is 2.74 bits per heavy atom. The predicted molar refractivity (Wildman–Crippen MR) is 69.2 cm³/mol. The van der Waals surface area contributed by atoms with E-state index in [1.54, 1.807) is 36.4 Å². The highest BCUT2D eigenvalue weighted by atomic mass is 16.3. The van der Waals surface area contributed by atoms with Crippen LogP contribution in [0, 0.1) is 11.3 Å². The van der Waals surface area contributed by atoms with Crippen LogP contribution >= 0.6 is 0 Å². The summed E-state index contributed by atoms with van der Waals surface area (Å²) >= 11 is 0. The second-order valence-electron chi connectivity index (χ2n) is 3.72. The number of rotatable bonds is 4. The average molecular weight is 253 g/mol. The van der Waals surface area contributed by atoms with Crippen LogP contribution < -0.4 is 5.43 Å². The number of nitrogens with one attached hydrogen (secondary N) is 1. The summed E-state index contributed by atoms with van der Waals surface area (Å²) in [6, 6.07) is 14.2. The van der Waals surface area contributed by atoms with Crippen LogP contribution in [0.4, 0.5) is 0 Å². The fourth-order valence-electron chi connectivity index (χ4n) is 1.52. The van der Waals surface area contributed by atoms with E-state index in [4.69, 9.17) is 9.68 Å². The zero-order chi connectivity index (χ0) is 13.5. The Morgan fingerprint density at radius 1 is 1.32 bits per heavy atom. The largest absolute Gasteiger partial charge is 0.463 e. The fourth-order valence-corrected chi connectivity index (χ4v) is 1.52. The molecule has 0 aliphatic heterocycles. The molecule has 0 bridgehead atoms. The van der Waals surface area contributed by atoms with Gasteiger partial charge in [-0.3, -0.25) is 4.79 Å². The smallest absolute Gasteiger partial charge is 0.261 e. The fraction of sp³-hybridized carbons (Fsp3) is 0.0714. The second-order valence-corrected chi connectivity index (χ2v) is 3.72. The van der Waals surface area contributed by atoms with E-state index < -0.39 is 11.8 Å². The maximum absolute atomic E-state index is 11.8. The van der Waals surface area contributed by atoms with Crippen LogP contribution in [0.3, 0.4) is 0 Å². The summed E-state index contributed by atoms with van der Waals surface area (Å²) in [6.45, 7) is 0. The van der Waals surface area contributed by atoms with Gasteiger partial charge in [-0.1, -0.05) is 30.3 Å². The molecule has 0 spiro atoms. The molecule has 0 aliphatic rings. The topological polar surface area (TPSA) is 78.4 Å². The zero-order valence-corrected chi connectivity index (χ0v) is 9.98. The molecule has 1 aromatic carbocycles. The maximum Gasteiger partial charge on any atom is 0.261 e. The Morgan fingerprint density at radius 2 is 2.11 bits per heavy atom. The molecule has 0 saturated carbocycles. The summed E-state index contributed by atoms with van der Waals surface area (Å²) in [6.07, 6.45) is 2.88. The normalized spacial score (nSPS) is 11.9. The lowest BCUT2D eigenvalue weighted by molar-refractivity contribution is -0.121. The summed E-state index contributed by atoms with van der Waals surface area (Å²) in [5.74, 6) is -0.833. The standard InChI is InChI=1S/C14H11N3O2/c15-9-13(11-5-2-1-3-6-11)14(18)17-16-10-12-7-4-8-19-12/h1-8,10,13H,(H,17,18)/b16-10-/t13-/m1/s1. The first-order valence-electron chi connectivity index (χ1n) is 5.62. The van der Waals surface area contributed by atoms with Gasteiger partial charge in [0, 0.05) is 0 Å². The molecule has 1 atom stereocenters. The predicted octanol–water partition coefficient (Wildman–Crippen LogP) is 2.04. The van der Waals surface area contributed by atoms with Gasteiger partial charge in [0.25, 0.3) is 5.91 Å². The third-order valence-electron chi connectivity index (χ3n) is 2.43.